The predicted molar refractivity (Wildman–Crippen MR) is 49.7 cm³/mol. The van der Waals surface area contributed by atoms with Gasteiger partial charge in [-0.15, -0.1) is 0 Å². The summed E-state index contributed by atoms with van der Waals surface area (Å²) in [6.07, 6.45) is 0. The highest BCUT2D eigenvalue weighted by Crippen LogP contribution is 1.96. The lowest BCUT2D eigenvalue weighted by molar-refractivity contribution is 0.0963. The molecule has 1 aromatic rings. The van der Waals surface area contributed by atoms with Gasteiger partial charge < -0.3 is 15.4 Å². The first kappa shape index (κ1) is 9.76. The van der Waals surface area contributed by atoms with Crippen molar-refractivity contribution in [3.8, 4) is 0 Å². The Hall–Kier alpha value is -1.33. The van der Waals surface area contributed by atoms with Gasteiger partial charge in [-0.1, -0.05) is 18.2 Å². The van der Waals surface area contributed by atoms with Crippen LogP contribution in [-0.2, 0) is 0 Å². The van der Waals surface area contributed by atoms with Crippen LogP contribution in [0.3, 0.4) is 0 Å². The maximum absolute atomic E-state index is 11.2. The third-order valence-corrected chi connectivity index (χ3v) is 1.71. The summed E-state index contributed by atoms with van der Waals surface area (Å²) in [7, 11) is -0.128. The van der Waals surface area contributed by atoms with E-state index in [1.54, 1.807) is 12.1 Å². The Kier molecular flexibility index (Phi) is 3.05. The smallest absolute Gasteiger partial charge is 0.423 e. The van der Waals surface area contributed by atoms with E-state index in [9.17, 15) is 4.79 Å². The molecule has 4 nitrogen and oxygen atoms in total. The van der Waals surface area contributed by atoms with E-state index in [2.05, 4.69) is 5.32 Å². The van der Waals surface area contributed by atoms with Crippen LogP contribution in [0.15, 0.2) is 24.3 Å². The van der Waals surface area contributed by atoms with Gasteiger partial charge in [-0.2, -0.15) is 0 Å². The highest BCUT2D eigenvalue weighted by atomic mass is 16.4. The maximum atomic E-state index is 11.2. The van der Waals surface area contributed by atoms with Crippen LogP contribution in [0.25, 0.3) is 0 Å². The van der Waals surface area contributed by atoms with E-state index in [1.807, 2.05) is 0 Å². The molecule has 13 heavy (non-hydrogen) atoms. The molecule has 0 saturated carbocycles. The van der Waals surface area contributed by atoms with Crippen molar-refractivity contribution in [1.29, 1.82) is 0 Å². The van der Waals surface area contributed by atoms with Crippen LogP contribution in [0, 0.1) is 0 Å². The van der Waals surface area contributed by atoms with E-state index in [1.165, 1.54) is 19.2 Å². The average molecular weight is 179 g/mol. The number of amides is 1. The van der Waals surface area contributed by atoms with Crippen molar-refractivity contribution >= 4 is 18.5 Å². The molecule has 0 atom stereocenters. The van der Waals surface area contributed by atoms with Gasteiger partial charge in [-0.25, -0.2) is 0 Å². The summed E-state index contributed by atoms with van der Waals surface area (Å²) in [6, 6.07) is 6.33. The molecular formula is C8H10BNO3. The highest BCUT2D eigenvalue weighted by Gasteiger charge is 2.18. The highest BCUT2D eigenvalue weighted by molar-refractivity contribution is 6.60. The van der Waals surface area contributed by atoms with Crippen molar-refractivity contribution in [2.45, 2.75) is 0 Å². The third kappa shape index (κ3) is 2.08. The Bertz CT molecular complexity index is 314. The third-order valence-electron chi connectivity index (χ3n) is 1.71. The quantitative estimate of drug-likeness (QED) is 0.495. The van der Waals surface area contributed by atoms with Gasteiger partial charge in [0.2, 0.25) is 0 Å². The lowest BCUT2D eigenvalue weighted by atomic mass is 9.77. The Morgan fingerprint density at radius 1 is 1.38 bits per heavy atom. The van der Waals surface area contributed by atoms with Crippen molar-refractivity contribution in [2.24, 2.45) is 0 Å². The van der Waals surface area contributed by atoms with Crippen molar-refractivity contribution in [1.82, 2.24) is 5.32 Å². The van der Waals surface area contributed by atoms with E-state index in [0.717, 1.165) is 0 Å². The summed E-state index contributed by atoms with van der Waals surface area (Å²) in [5.74, 6) is -0.330. The number of rotatable bonds is 2. The van der Waals surface area contributed by atoms with Crippen molar-refractivity contribution in [3.63, 3.8) is 0 Å². The summed E-state index contributed by atoms with van der Waals surface area (Å²) in [5.41, 5.74) is 0.488. The molecule has 0 unspecified atom stereocenters. The van der Waals surface area contributed by atoms with Gasteiger partial charge in [0.15, 0.2) is 0 Å². The molecule has 0 aliphatic heterocycles. The largest absolute Gasteiger partial charge is 0.489 e. The standard InChI is InChI=1S/C8H10BNO3/c1-10-8(11)6-4-2-3-5-7(6)9(12)13/h2-5,12-13H,1H3,(H,10,11). The Balaban J connectivity index is 3.12. The SMILES string of the molecule is CNC(=O)c1ccccc1B(O)O. The van der Waals surface area contributed by atoms with Gasteiger partial charge in [0.25, 0.3) is 5.91 Å². The van der Waals surface area contributed by atoms with E-state index in [4.69, 9.17) is 10.0 Å². The van der Waals surface area contributed by atoms with Crippen molar-refractivity contribution in [3.05, 3.63) is 29.8 Å². The van der Waals surface area contributed by atoms with Gasteiger partial charge in [-0.3, -0.25) is 4.79 Å². The van der Waals surface area contributed by atoms with E-state index < -0.39 is 7.12 Å². The molecule has 0 saturated heterocycles. The zero-order valence-corrected chi connectivity index (χ0v) is 7.19. The zero-order valence-electron chi connectivity index (χ0n) is 7.19. The molecule has 3 N–H and O–H groups in total. The predicted octanol–water partition coefficient (Wildman–Crippen LogP) is -1.27. The van der Waals surface area contributed by atoms with Gasteiger partial charge in [-0.05, 0) is 11.5 Å². The summed E-state index contributed by atoms with van der Waals surface area (Å²) < 4.78 is 0. The summed E-state index contributed by atoms with van der Waals surface area (Å²) >= 11 is 0. The fourth-order valence-electron chi connectivity index (χ4n) is 1.06. The minimum atomic E-state index is -1.62. The van der Waals surface area contributed by atoms with E-state index in [-0.39, 0.29) is 16.9 Å². The van der Waals surface area contributed by atoms with Crippen molar-refractivity contribution < 1.29 is 14.8 Å². The van der Waals surface area contributed by atoms with Crippen LogP contribution in [-0.4, -0.2) is 30.1 Å². The summed E-state index contributed by atoms with van der Waals surface area (Å²) in [5, 5.41) is 20.3. The Labute approximate surface area is 76.4 Å². The molecule has 0 spiro atoms. The lowest BCUT2D eigenvalue weighted by Gasteiger charge is -2.06. The molecule has 0 aromatic heterocycles. The minimum absolute atomic E-state index is 0.210. The van der Waals surface area contributed by atoms with Crippen LogP contribution in [0.5, 0.6) is 0 Å². The molecule has 68 valence electrons. The number of carbonyl (C=O) groups excluding carboxylic acids is 1. The molecule has 1 rings (SSSR count). The topological polar surface area (TPSA) is 69.6 Å². The zero-order chi connectivity index (χ0) is 9.84. The first-order valence-corrected chi connectivity index (χ1v) is 3.84. The number of nitrogens with one attached hydrogen (secondary N) is 1. The average Bonchev–Trinajstić information content (AvgIpc) is 2.16. The summed E-state index contributed by atoms with van der Waals surface area (Å²) in [6.45, 7) is 0. The molecule has 5 heteroatoms. The molecule has 0 aliphatic rings. The first-order chi connectivity index (χ1) is 6.16. The van der Waals surface area contributed by atoms with Crippen LogP contribution in [0.1, 0.15) is 10.4 Å². The second-order valence-corrected chi connectivity index (χ2v) is 2.54. The van der Waals surface area contributed by atoms with Gasteiger partial charge in [0.1, 0.15) is 0 Å². The second-order valence-electron chi connectivity index (χ2n) is 2.54. The fraction of sp³-hybridized carbons (Fsp3) is 0.125. The lowest BCUT2D eigenvalue weighted by Crippen LogP contribution is -2.37. The fourth-order valence-corrected chi connectivity index (χ4v) is 1.06. The van der Waals surface area contributed by atoms with Gasteiger partial charge in [0.05, 0.1) is 0 Å². The van der Waals surface area contributed by atoms with E-state index >= 15 is 0 Å². The van der Waals surface area contributed by atoms with Gasteiger partial charge >= 0.3 is 7.12 Å². The van der Waals surface area contributed by atoms with Crippen LogP contribution in [0.2, 0.25) is 0 Å². The number of benzene rings is 1. The van der Waals surface area contributed by atoms with E-state index in [0.29, 0.717) is 0 Å². The number of hydrogen-bond donors (Lipinski definition) is 3. The van der Waals surface area contributed by atoms with Crippen LogP contribution >= 0.6 is 0 Å². The first-order valence-electron chi connectivity index (χ1n) is 3.84. The molecule has 0 aliphatic carbocycles. The van der Waals surface area contributed by atoms with Crippen molar-refractivity contribution in [2.75, 3.05) is 7.05 Å². The Morgan fingerprint density at radius 3 is 2.54 bits per heavy atom. The Morgan fingerprint density at radius 2 is 2.00 bits per heavy atom. The molecule has 1 amide bonds. The molecule has 0 bridgehead atoms. The molecule has 0 heterocycles. The number of hydrogen-bond acceptors (Lipinski definition) is 3. The molecule has 0 fully saturated rings. The second kappa shape index (κ2) is 4.07. The molecule has 0 radical (unpaired) electrons. The van der Waals surface area contributed by atoms with Crippen LogP contribution < -0.4 is 10.8 Å². The molecule has 1 aromatic carbocycles. The van der Waals surface area contributed by atoms with Gasteiger partial charge in [0, 0.05) is 12.6 Å². The number of carbonyl (C=O) groups is 1. The van der Waals surface area contributed by atoms with Crippen LogP contribution in [0.4, 0.5) is 0 Å². The molecular weight excluding hydrogens is 169 g/mol. The maximum Gasteiger partial charge on any atom is 0.489 e. The normalized spacial score (nSPS) is 9.46. The monoisotopic (exact) mass is 179 g/mol. The minimum Gasteiger partial charge on any atom is -0.423 e. The summed E-state index contributed by atoms with van der Waals surface area (Å²) in [4.78, 5) is 11.2.